The van der Waals surface area contributed by atoms with Crippen LogP contribution in [0.1, 0.15) is 37.5 Å². The summed E-state index contributed by atoms with van der Waals surface area (Å²) >= 11 is 0. The Kier molecular flexibility index (Phi) is 5.35. The Morgan fingerprint density at radius 3 is 1.30 bits per heavy atom. The van der Waals surface area contributed by atoms with Crippen molar-refractivity contribution in [2.75, 3.05) is 0 Å². The van der Waals surface area contributed by atoms with Crippen molar-refractivity contribution < 1.29 is 0 Å². The summed E-state index contributed by atoms with van der Waals surface area (Å²) in [5.74, 6) is 0. The molecule has 0 radical (unpaired) electrons. The SMILES string of the molecule is Cc1cc(C)cc(-c2cccc(-c3cccc(-c4cccc(C(C)(C)C)c4)c3)c2)c1. The van der Waals surface area contributed by atoms with E-state index in [0.29, 0.717) is 0 Å². The van der Waals surface area contributed by atoms with Gasteiger partial charge in [-0.25, -0.2) is 0 Å². The first-order chi connectivity index (χ1) is 14.3. The van der Waals surface area contributed by atoms with E-state index in [4.69, 9.17) is 0 Å². The third kappa shape index (κ3) is 4.39. The van der Waals surface area contributed by atoms with Crippen LogP contribution in [0.3, 0.4) is 0 Å². The van der Waals surface area contributed by atoms with E-state index in [-0.39, 0.29) is 5.41 Å². The lowest BCUT2D eigenvalue weighted by Gasteiger charge is -2.20. The summed E-state index contributed by atoms with van der Waals surface area (Å²) in [4.78, 5) is 0. The predicted octanol–water partition coefficient (Wildman–Crippen LogP) is 8.60. The van der Waals surface area contributed by atoms with Gasteiger partial charge in [0.2, 0.25) is 0 Å². The van der Waals surface area contributed by atoms with Gasteiger partial charge >= 0.3 is 0 Å². The Bertz CT molecular complexity index is 1170. The summed E-state index contributed by atoms with van der Waals surface area (Å²) in [5.41, 5.74) is 11.7. The number of aryl methyl sites for hydroxylation is 2. The van der Waals surface area contributed by atoms with Gasteiger partial charge in [-0.1, -0.05) is 111 Å². The molecule has 0 heterocycles. The standard InChI is InChI=1S/C30H30/c1-21-15-22(2)17-28(16-21)26-12-7-10-24(19-26)23-9-6-11-25(18-23)27-13-8-14-29(20-27)30(3,4)5/h6-20H,1-5H3. The van der Waals surface area contributed by atoms with Gasteiger partial charge in [0, 0.05) is 0 Å². The summed E-state index contributed by atoms with van der Waals surface area (Å²) in [6, 6.07) is 33.4. The van der Waals surface area contributed by atoms with Crippen molar-refractivity contribution in [3.63, 3.8) is 0 Å². The normalized spacial score (nSPS) is 11.5. The maximum absolute atomic E-state index is 2.32. The predicted molar refractivity (Wildman–Crippen MR) is 131 cm³/mol. The van der Waals surface area contributed by atoms with Crippen LogP contribution in [-0.2, 0) is 5.41 Å². The molecule has 4 aromatic rings. The Balaban J connectivity index is 1.73. The molecular formula is C30H30. The number of rotatable bonds is 3. The number of hydrogen-bond donors (Lipinski definition) is 0. The zero-order valence-corrected chi connectivity index (χ0v) is 18.7. The zero-order chi connectivity index (χ0) is 21.3. The van der Waals surface area contributed by atoms with E-state index in [2.05, 4.69) is 126 Å². The molecule has 0 aliphatic heterocycles. The molecule has 30 heavy (non-hydrogen) atoms. The molecule has 0 saturated heterocycles. The van der Waals surface area contributed by atoms with Gasteiger partial charge in [-0.2, -0.15) is 0 Å². The van der Waals surface area contributed by atoms with Crippen LogP contribution >= 0.6 is 0 Å². The third-order valence-electron chi connectivity index (χ3n) is 5.68. The molecule has 0 bridgehead atoms. The van der Waals surface area contributed by atoms with E-state index >= 15 is 0 Å². The first-order valence-electron chi connectivity index (χ1n) is 10.7. The fourth-order valence-electron chi connectivity index (χ4n) is 4.06. The fourth-order valence-corrected chi connectivity index (χ4v) is 4.06. The molecule has 150 valence electrons. The average molecular weight is 391 g/mol. The highest BCUT2D eigenvalue weighted by atomic mass is 14.2. The molecule has 0 aliphatic rings. The van der Waals surface area contributed by atoms with Crippen LogP contribution in [0.4, 0.5) is 0 Å². The summed E-state index contributed by atoms with van der Waals surface area (Å²) in [5, 5.41) is 0. The Morgan fingerprint density at radius 2 is 0.833 bits per heavy atom. The fraction of sp³-hybridized carbons (Fsp3) is 0.200. The smallest absolute Gasteiger partial charge is 0.0132 e. The van der Waals surface area contributed by atoms with E-state index in [1.54, 1.807) is 0 Å². The molecule has 0 aromatic heterocycles. The summed E-state index contributed by atoms with van der Waals surface area (Å²) < 4.78 is 0. The van der Waals surface area contributed by atoms with E-state index in [9.17, 15) is 0 Å². The zero-order valence-electron chi connectivity index (χ0n) is 18.7. The van der Waals surface area contributed by atoms with Gasteiger partial charge in [-0.15, -0.1) is 0 Å². The summed E-state index contributed by atoms with van der Waals surface area (Å²) in [6.07, 6.45) is 0. The van der Waals surface area contributed by atoms with Crippen molar-refractivity contribution in [2.24, 2.45) is 0 Å². The van der Waals surface area contributed by atoms with Crippen molar-refractivity contribution in [3.8, 4) is 33.4 Å². The number of benzene rings is 4. The van der Waals surface area contributed by atoms with Crippen molar-refractivity contribution in [2.45, 2.75) is 40.0 Å². The monoisotopic (exact) mass is 390 g/mol. The Hall–Kier alpha value is -3.12. The van der Waals surface area contributed by atoms with Crippen LogP contribution in [0, 0.1) is 13.8 Å². The van der Waals surface area contributed by atoms with Crippen LogP contribution in [0.5, 0.6) is 0 Å². The topological polar surface area (TPSA) is 0 Å². The molecule has 0 spiro atoms. The maximum Gasteiger partial charge on any atom is -0.0132 e. The van der Waals surface area contributed by atoms with Gasteiger partial charge in [0.25, 0.3) is 0 Å². The van der Waals surface area contributed by atoms with Crippen molar-refractivity contribution in [3.05, 3.63) is 108 Å². The van der Waals surface area contributed by atoms with Crippen LogP contribution in [0.25, 0.3) is 33.4 Å². The maximum atomic E-state index is 2.32. The van der Waals surface area contributed by atoms with E-state index in [0.717, 1.165) is 0 Å². The molecule has 0 heteroatoms. The largest absolute Gasteiger partial charge is 0.0614 e. The van der Waals surface area contributed by atoms with Crippen molar-refractivity contribution in [1.82, 2.24) is 0 Å². The first kappa shape index (κ1) is 20.2. The van der Waals surface area contributed by atoms with E-state index in [1.807, 2.05) is 0 Å². The minimum Gasteiger partial charge on any atom is -0.0614 e. The molecule has 0 amide bonds. The van der Waals surface area contributed by atoms with E-state index in [1.165, 1.54) is 50.1 Å². The lowest BCUT2D eigenvalue weighted by atomic mass is 9.85. The lowest BCUT2D eigenvalue weighted by Crippen LogP contribution is -2.10. The molecule has 0 N–H and O–H groups in total. The molecule has 0 aliphatic carbocycles. The molecule has 4 rings (SSSR count). The second-order valence-electron chi connectivity index (χ2n) is 9.37. The van der Waals surface area contributed by atoms with Gasteiger partial charge in [0.05, 0.1) is 0 Å². The Morgan fingerprint density at radius 1 is 0.433 bits per heavy atom. The average Bonchev–Trinajstić information content (AvgIpc) is 2.73. The minimum atomic E-state index is 0.147. The van der Waals surface area contributed by atoms with Gasteiger partial charge in [-0.3, -0.25) is 0 Å². The lowest BCUT2D eigenvalue weighted by molar-refractivity contribution is 0.590. The highest BCUT2D eigenvalue weighted by Crippen LogP contribution is 2.32. The molecule has 0 unspecified atom stereocenters. The molecule has 0 nitrogen and oxygen atoms in total. The molecule has 0 fully saturated rings. The van der Waals surface area contributed by atoms with Crippen molar-refractivity contribution in [1.29, 1.82) is 0 Å². The highest BCUT2D eigenvalue weighted by molar-refractivity contribution is 5.77. The second-order valence-corrected chi connectivity index (χ2v) is 9.37. The molecule has 0 atom stereocenters. The first-order valence-corrected chi connectivity index (χ1v) is 10.7. The van der Waals surface area contributed by atoms with Crippen LogP contribution in [-0.4, -0.2) is 0 Å². The molecular weight excluding hydrogens is 360 g/mol. The van der Waals surface area contributed by atoms with Crippen molar-refractivity contribution >= 4 is 0 Å². The van der Waals surface area contributed by atoms with Gasteiger partial charge in [0.1, 0.15) is 0 Å². The summed E-state index contributed by atoms with van der Waals surface area (Å²) in [7, 11) is 0. The van der Waals surface area contributed by atoms with Crippen LogP contribution in [0.15, 0.2) is 91.0 Å². The third-order valence-corrected chi connectivity index (χ3v) is 5.68. The van der Waals surface area contributed by atoms with Gasteiger partial charge in [0.15, 0.2) is 0 Å². The quantitative estimate of drug-likeness (QED) is 0.328. The number of hydrogen-bond acceptors (Lipinski definition) is 0. The van der Waals surface area contributed by atoms with Crippen LogP contribution < -0.4 is 0 Å². The molecule has 0 saturated carbocycles. The molecule has 4 aromatic carbocycles. The second kappa shape index (κ2) is 7.95. The minimum absolute atomic E-state index is 0.147. The van der Waals surface area contributed by atoms with Gasteiger partial charge < -0.3 is 0 Å². The Labute approximate surface area is 181 Å². The highest BCUT2D eigenvalue weighted by Gasteiger charge is 2.14. The van der Waals surface area contributed by atoms with E-state index < -0.39 is 0 Å². The summed E-state index contributed by atoms with van der Waals surface area (Å²) in [6.45, 7) is 11.1. The van der Waals surface area contributed by atoms with Crippen LogP contribution in [0.2, 0.25) is 0 Å². The van der Waals surface area contributed by atoms with Gasteiger partial charge in [-0.05, 0) is 70.3 Å².